The van der Waals surface area contributed by atoms with E-state index in [1.165, 1.54) is 6.42 Å². The number of likely N-dealkylation sites (tertiary alicyclic amines) is 1. The van der Waals surface area contributed by atoms with Crippen molar-refractivity contribution in [1.82, 2.24) is 4.90 Å². The first-order valence-electron chi connectivity index (χ1n) is 8.83. The topological polar surface area (TPSA) is 46.3 Å². The number of amides is 1. The molecule has 0 aromatic rings. The summed E-state index contributed by atoms with van der Waals surface area (Å²) >= 11 is 0. The largest absolute Gasteiger partial charge is 0.342 e. The average molecular weight is 294 g/mol. The van der Waals surface area contributed by atoms with E-state index < -0.39 is 0 Å². The molecule has 4 unspecified atom stereocenters. The molecule has 4 atom stereocenters. The van der Waals surface area contributed by atoms with Crippen molar-refractivity contribution in [3.8, 4) is 0 Å². The van der Waals surface area contributed by atoms with Gasteiger partial charge in [0.1, 0.15) is 0 Å². The van der Waals surface area contributed by atoms with E-state index in [-0.39, 0.29) is 12.0 Å². The third-order valence-electron chi connectivity index (χ3n) is 5.87. The maximum Gasteiger partial charge on any atom is 0.225 e. The van der Waals surface area contributed by atoms with Crippen LogP contribution in [0.3, 0.4) is 0 Å². The molecule has 3 heteroatoms. The Labute approximate surface area is 130 Å². The molecule has 1 saturated heterocycles. The molecule has 1 aliphatic carbocycles. The van der Waals surface area contributed by atoms with Gasteiger partial charge in [0, 0.05) is 25.0 Å². The Hall–Kier alpha value is -0.570. The Kier molecular flexibility index (Phi) is 5.34. The van der Waals surface area contributed by atoms with Gasteiger partial charge in [-0.1, -0.05) is 27.7 Å². The molecular weight excluding hydrogens is 260 g/mol. The number of carbonyl (C=O) groups is 1. The summed E-state index contributed by atoms with van der Waals surface area (Å²) in [6.07, 6.45) is 6.60. The molecule has 0 bridgehead atoms. The van der Waals surface area contributed by atoms with E-state index in [9.17, 15) is 4.79 Å². The summed E-state index contributed by atoms with van der Waals surface area (Å²) in [6, 6.07) is 0.210. The van der Waals surface area contributed by atoms with Gasteiger partial charge in [-0.25, -0.2) is 0 Å². The zero-order valence-corrected chi connectivity index (χ0v) is 14.4. The molecule has 0 aromatic carbocycles. The summed E-state index contributed by atoms with van der Waals surface area (Å²) in [7, 11) is 0. The van der Waals surface area contributed by atoms with E-state index in [0.717, 1.165) is 51.1 Å². The average Bonchev–Trinajstić information content (AvgIpc) is 2.66. The molecule has 0 radical (unpaired) electrons. The second-order valence-corrected chi connectivity index (χ2v) is 8.47. The van der Waals surface area contributed by atoms with Crippen LogP contribution in [0.2, 0.25) is 0 Å². The van der Waals surface area contributed by atoms with Gasteiger partial charge in [0.15, 0.2) is 0 Å². The van der Waals surface area contributed by atoms with E-state index in [1.54, 1.807) is 0 Å². The van der Waals surface area contributed by atoms with Crippen molar-refractivity contribution in [1.29, 1.82) is 0 Å². The summed E-state index contributed by atoms with van der Waals surface area (Å²) in [4.78, 5) is 14.9. The molecule has 122 valence electrons. The highest BCUT2D eigenvalue weighted by Gasteiger charge is 2.34. The molecule has 0 spiro atoms. The standard InChI is InChI=1S/C18H34N2O/c1-13-7-8-14(12-16(13)19)17(21)20-10-5-6-15(9-11-20)18(2,3)4/h13-16H,5-12,19H2,1-4H3. The van der Waals surface area contributed by atoms with Gasteiger partial charge in [0.25, 0.3) is 0 Å². The van der Waals surface area contributed by atoms with Crippen LogP contribution < -0.4 is 5.73 Å². The van der Waals surface area contributed by atoms with E-state index >= 15 is 0 Å². The third kappa shape index (κ3) is 4.21. The Morgan fingerprint density at radius 2 is 1.81 bits per heavy atom. The summed E-state index contributed by atoms with van der Waals surface area (Å²) < 4.78 is 0. The van der Waals surface area contributed by atoms with Crippen molar-refractivity contribution < 1.29 is 4.79 Å². The maximum absolute atomic E-state index is 12.8. The lowest BCUT2D eigenvalue weighted by Crippen LogP contribution is -2.43. The lowest BCUT2D eigenvalue weighted by Gasteiger charge is -2.34. The fourth-order valence-corrected chi connectivity index (χ4v) is 4.02. The number of hydrogen-bond donors (Lipinski definition) is 1. The molecule has 2 aliphatic rings. The van der Waals surface area contributed by atoms with Gasteiger partial charge in [0.05, 0.1) is 0 Å². The minimum absolute atomic E-state index is 0.183. The fraction of sp³-hybridized carbons (Fsp3) is 0.944. The second-order valence-electron chi connectivity index (χ2n) is 8.47. The van der Waals surface area contributed by atoms with Gasteiger partial charge in [-0.2, -0.15) is 0 Å². The van der Waals surface area contributed by atoms with Crippen molar-refractivity contribution in [2.45, 2.75) is 72.3 Å². The molecule has 3 nitrogen and oxygen atoms in total. The molecule has 2 rings (SSSR count). The number of rotatable bonds is 1. The second kappa shape index (κ2) is 6.68. The molecule has 1 amide bonds. The predicted octanol–water partition coefficient (Wildman–Crippen LogP) is 3.42. The number of hydrogen-bond acceptors (Lipinski definition) is 2. The van der Waals surface area contributed by atoms with Crippen molar-refractivity contribution in [2.75, 3.05) is 13.1 Å². The van der Waals surface area contributed by atoms with E-state index in [1.807, 2.05) is 0 Å². The number of nitrogens with two attached hydrogens (primary N) is 1. The Bertz CT molecular complexity index is 361. The summed E-state index contributed by atoms with van der Waals surface area (Å²) in [5, 5.41) is 0. The van der Waals surface area contributed by atoms with Gasteiger partial charge >= 0.3 is 0 Å². The Balaban J connectivity index is 1.91. The van der Waals surface area contributed by atoms with Gasteiger partial charge in [0.2, 0.25) is 5.91 Å². The molecule has 1 saturated carbocycles. The molecule has 0 aromatic heterocycles. The summed E-state index contributed by atoms with van der Waals surface area (Å²) in [6.45, 7) is 11.1. The van der Waals surface area contributed by atoms with Crippen LogP contribution in [0.1, 0.15) is 66.2 Å². The van der Waals surface area contributed by atoms with Gasteiger partial charge in [-0.15, -0.1) is 0 Å². The SMILES string of the molecule is CC1CCC(C(=O)N2CCCC(C(C)(C)C)CC2)CC1N. The van der Waals surface area contributed by atoms with Crippen LogP contribution >= 0.6 is 0 Å². The molecule has 1 aliphatic heterocycles. The van der Waals surface area contributed by atoms with Crippen LogP contribution in [0.5, 0.6) is 0 Å². The van der Waals surface area contributed by atoms with Gasteiger partial charge < -0.3 is 10.6 Å². The minimum Gasteiger partial charge on any atom is -0.342 e. The summed E-state index contributed by atoms with van der Waals surface area (Å²) in [5.41, 5.74) is 6.54. The zero-order chi connectivity index (χ0) is 15.6. The van der Waals surface area contributed by atoms with E-state index in [2.05, 4.69) is 32.6 Å². The monoisotopic (exact) mass is 294 g/mol. The van der Waals surface area contributed by atoms with E-state index in [4.69, 9.17) is 5.73 Å². The Morgan fingerprint density at radius 3 is 2.43 bits per heavy atom. The normalized spacial score (nSPS) is 35.4. The smallest absolute Gasteiger partial charge is 0.225 e. The first-order valence-corrected chi connectivity index (χ1v) is 8.83. The first-order chi connectivity index (χ1) is 9.79. The maximum atomic E-state index is 12.8. The minimum atomic E-state index is 0.183. The van der Waals surface area contributed by atoms with Crippen molar-refractivity contribution in [2.24, 2.45) is 28.9 Å². The molecular formula is C18H34N2O. The van der Waals surface area contributed by atoms with Crippen LogP contribution in [-0.4, -0.2) is 29.9 Å². The zero-order valence-electron chi connectivity index (χ0n) is 14.4. The quantitative estimate of drug-likeness (QED) is 0.805. The van der Waals surface area contributed by atoms with Crippen LogP contribution in [-0.2, 0) is 4.79 Å². The van der Waals surface area contributed by atoms with Crippen LogP contribution in [0.4, 0.5) is 0 Å². The lowest BCUT2D eigenvalue weighted by molar-refractivity contribution is -0.137. The molecule has 2 fully saturated rings. The predicted molar refractivity (Wildman–Crippen MR) is 87.9 cm³/mol. The van der Waals surface area contributed by atoms with Crippen molar-refractivity contribution >= 4 is 5.91 Å². The third-order valence-corrected chi connectivity index (χ3v) is 5.87. The van der Waals surface area contributed by atoms with Gasteiger partial charge in [-0.3, -0.25) is 4.79 Å². The highest BCUT2D eigenvalue weighted by atomic mass is 16.2. The van der Waals surface area contributed by atoms with Gasteiger partial charge in [-0.05, 0) is 55.8 Å². The number of nitrogens with zero attached hydrogens (tertiary/aromatic N) is 1. The van der Waals surface area contributed by atoms with Crippen molar-refractivity contribution in [3.63, 3.8) is 0 Å². The van der Waals surface area contributed by atoms with E-state index in [0.29, 0.717) is 17.2 Å². The highest BCUT2D eigenvalue weighted by molar-refractivity contribution is 5.79. The van der Waals surface area contributed by atoms with Crippen molar-refractivity contribution in [3.05, 3.63) is 0 Å². The first kappa shape index (κ1) is 16.8. The molecule has 2 N–H and O–H groups in total. The van der Waals surface area contributed by atoms with Crippen LogP contribution in [0.25, 0.3) is 0 Å². The fourth-order valence-electron chi connectivity index (χ4n) is 4.02. The lowest BCUT2D eigenvalue weighted by atomic mass is 9.76. The van der Waals surface area contributed by atoms with Crippen LogP contribution in [0.15, 0.2) is 0 Å². The van der Waals surface area contributed by atoms with Crippen LogP contribution in [0, 0.1) is 23.2 Å². The number of carbonyl (C=O) groups excluding carboxylic acids is 1. The summed E-state index contributed by atoms with van der Waals surface area (Å²) in [5.74, 6) is 1.88. The highest BCUT2D eigenvalue weighted by Crippen LogP contribution is 2.35. The Morgan fingerprint density at radius 1 is 1.10 bits per heavy atom. The molecule has 1 heterocycles. The molecule has 21 heavy (non-hydrogen) atoms.